The zero-order chi connectivity index (χ0) is 16.8. The Labute approximate surface area is 143 Å². The lowest BCUT2D eigenvalue weighted by atomic mass is 9.80. The number of aromatic nitrogens is 1. The van der Waals surface area contributed by atoms with Crippen LogP contribution < -0.4 is 15.5 Å². The van der Waals surface area contributed by atoms with E-state index < -0.39 is 5.60 Å². The van der Waals surface area contributed by atoms with Crippen LogP contribution in [0.3, 0.4) is 0 Å². The Morgan fingerprint density at radius 1 is 1.12 bits per heavy atom. The molecule has 1 aromatic rings. The molecule has 0 spiro atoms. The average molecular weight is 332 g/mol. The summed E-state index contributed by atoms with van der Waals surface area (Å²) in [5, 5.41) is 15.5. The molecule has 1 aromatic heterocycles. The second-order valence-corrected chi connectivity index (χ2v) is 7.04. The minimum Gasteiger partial charge on any atom is -0.388 e. The van der Waals surface area contributed by atoms with Crippen LogP contribution in [0.25, 0.3) is 0 Å². The van der Waals surface area contributed by atoms with Crippen LogP contribution in [0.1, 0.15) is 50.5 Å². The van der Waals surface area contributed by atoms with Crippen molar-refractivity contribution in [1.29, 1.82) is 0 Å². The van der Waals surface area contributed by atoms with Crippen LogP contribution in [0.15, 0.2) is 18.3 Å². The Kier molecular flexibility index (Phi) is 5.56. The molecule has 3 N–H and O–H groups in total. The fraction of sp³-hybridized carbons (Fsp3) is 0.667. The molecule has 2 aliphatic rings. The third-order valence-electron chi connectivity index (χ3n) is 5.05. The van der Waals surface area contributed by atoms with Gasteiger partial charge in [0.25, 0.3) is 0 Å². The van der Waals surface area contributed by atoms with Crippen molar-refractivity contribution < 1.29 is 9.90 Å². The van der Waals surface area contributed by atoms with Crippen molar-refractivity contribution in [2.24, 2.45) is 0 Å². The van der Waals surface area contributed by atoms with E-state index in [1.807, 2.05) is 18.3 Å². The molecular weight excluding hydrogens is 304 g/mol. The van der Waals surface area contributed by atoms with Crippen molar-refractivity contribution in [3.8, 4) is 0 Å². The van der Waals surface area contributed by atoms with Gasteiger partial charge >= 0.3 is 6.03 Å². The van der Waals surface area contributed by atoms with Crippen LogP contribution in [0, 0.1) is 0 Å². The Morgan fingerprint density at radius 3 is 2.46 bits per heavy atom. The summed E-state index contributed by atoms with van der Waals surface area (Å²) in [6.07, 6.45) is 9.50. The first-order valence-electron chi connectivity index (χ1n) is 9.09. The molecule has 0 aromatic carbocycles. The summed E-state index contributed by atoms with van der Waals surface area (Å²) in [4.78, 5) is 18.7. The molecule has 0 radical (unpaired) electrons. The van der Waals surface area contributed by atoms with Gasteiger partial charge < -0.3 is 20.6 Å². The molecule has 2 amide bonds. The van der Waals surface area contributed by atoms with E-state index in [9.17, 15) is 9.90 Å². The molecule has 6 heteroatoms. The van der Waals surface area contributed by atoms with Crippen LogP contribution in [0.2, 0.25) is 0 Å². The Bertz CT molecular complexity index is 534. The molecule has 0 atom stereocenters. The third-order valence-corrected chi connectivity index (χ3v) is 5.05. The lowest BCUT2D eigenvalue weighted by Gasteiger charge is -2.36. The molecule has 0 bridgehead atoms. The molecule has 1 saturated heterocycles. The number of hydrogen-bond acceptors (Lipinski definition) is 4. The van der Waals surface area contributed by atoms with Gasteiger partial charge in [0.15, 0.2) is 0 Å². The molecule has 132 valence electrons. The van der Waals surface area contributed by atoms with Gasteiger partial charge in [-0.25, -0.2) is 9.78 Å². The minimum absolute atomic E-state index is 0.244. The van der Waals surface area contributed by atoms with Crippen LogP contribution in [-0.4, -0.2) is 41.4 Å². The molecular formula is C18H28N4O2. The maximum absolute atomic E-state index is 11.8. The molecule has 1 aliphatic carbocycles. The van der Waals surface area contributed by atoms with Crippen molar-refractivity contribution in [2.45, 2.75) is 57.1 Å². The number of rotatable bonds is 5. The average Bonchev–Trinajstić information content (AvgIpc) is 2.86. The first-order valence-corrected chi connectivity index (χ1v) is 9.09. The summed E-state index contributed by atoms with van der Waals surface area (Å²) in [5.74, 6) is 1.03. The highest BCUT2D eigenvalue weighted by molar-refractivity contribution is 5.73. The van der Waals surface area contributed by atoms with E-state index in [2.05, 4.69) is 20.5 Å². The van der Waals surface area contributed by atoms with Gasteiger partial charge in [-0.15, -0.1) is 0 Å². The van der Waals surface area contributed by atoms with Crippen LogP contribution in [0.4, 0.5) is 10.6 Å². The molecule has 2 fully saturated rings. The Hall–Kier alpha value is -1.82. The normalized spacial score (nSPS) is 20.0. The second-order valence-electron chi connectivity index (χ2n) is 7.04. The van der Waals surface area contributed by atoms with Crippen molar-refractivity contribution >= 4 is 11.8 Å². The molecule has 1 saturated carbocycles. The first-order chi connectivity index (χ1) is 11.6. The molecule has 1 aliphatic heterocycles. The van der Waals surface area contributed by atoms with E-state index >= 15 is 0 Å². The highest BCUT2D eigenvalue weighted by atomic mass is 16.3. The van der Waals surface area contributed by atoms with Crippen LogP contribution in [-0.2, 0) is 6.54 Å². The van der Waals surface area contributed by atoms with Gasteiger partial charge in [-0.2, -0.15) is 0 Å². The maximum atomic E-state index is 11.8. The van der Waals surface area contributed by atoms with Crippen LogP contribution in [0.5, 0.6) is 0 Å². The zero-order valence-electron chi connectivity index (χ0n) is 14.3. The summed E-state index contributed by atoms with van der Waals surface area (Å²) in [7, 11) is 0. The molecule has 24 heavy (non-hydrogen) atoms. The summed E-state index contributed by atoms with van der Waals surface area (Å²) in [6, 6.07) is 3.82. The second kappa shape index (κ2) is 7.83. The van der Waals surface area contributed by atoms with Gasteiger partial charge in [0.2, 0.25) is 0 Å². The van der Waals surface area contributed by atoms with Gasteiger partial charge in [0.1, 0.15) is 5.82 Å². The summed E-state index contributed by atoms with van der Waals surface area (Å²) < 4.78 is 0. The lowest BCUT2D eigenvalue weighted by Crippen LogP contribution is -2.49. The fourth-order valence-electron chi connectivity index (χ4n) is 3.26. The predicted octanol–water partition coefficient (Wildman–Crippen LogP) is 2.18. The third kappa shape index (κ3) is 4.60. The van der Waals surface area contributed by atoms with Gasteiger partial charge in [-0.05, 0) is 43.7 Å². The number of pyridine rings is 1. The molecule has 2 heterocycles. The topological polar surface area (TPSA) is 77.5 Å². The van der Waals surface area contributed by atoms with Crippen LogP contribution >= 0.6 is 0 Å². The number of carbonyl (C=O) groups excluding carboxylic acids is 1. The zero-order valence-corrected chi connectivity index (χ0v) is 14.3. The van der Waals surface area contributed by atoms with Gasteiger partial charge in [-0.3, -0.25) is 0 Å². The molecule has 3 rings (SSSR count). The number of nitrogens with one attached hydrogen (secondary N) is 2. The van der Waals surface area contributed by atoms with Crippen molar-refractivity contribution in [3.63, 3.8) is 0 Å². The largest absolute Gasteiger partial charge is 0.388 e. The molecule has 6 nitrogen and oxygen atoms in total. The smallest absolute Gasteiger partial charge is 0.315 e. The lowest BCUT2D eigenvalue weighted by molar-refractivity contribution is -0.0290. The number of amides is 2. The Morgan fingerprint density at radius 2 is 1.88 bits per heavy atom. The highest BCUT2D eigenvalue weighted by Gasteiger charge is 2.34. The van der Waals surface area contributed by atoms with Gasteiger partial charge in [-0.1, -0.05) is 18.9 Å². The standard InChI is InChI=1S/C18H28N4O2/c23-17(21-14-18(24)8-5-9-18)20-13-15-6-7-16(19-12-15)22-10-3-1-2-4-11-22/h6-7,12,24H,1-5,8-11,13-14H2,(H2,20,21,23). The van der Waals surface area contributed by atoms with Crippen molar-refractivity contribution in [1.82, 2.24) is 15.6 Å². The van der Waals surface area contributed by atoms with Gasteiger partial charge in [0, 0.05) is 32.4 Å². The van der Waals surface area contributed by atoms with E-state index in [-0.39, 0.29) is 6.03 Å². The number of urea groups is 1. The number of carbonyl (C=O) groups is 1. The van der Waals surface area contributed by atoms with Gasteiger partial charge in [0.05, 0.1) is 5.60 Å². The van der Waals surface area contributed by atoms with Crippen molar-refractivity contribution in [2.75, 3.05) is 24.5 Å². The van der Waals surface area contributed by atoms with E-state index in [1.165, 1.54) is 25.7 Å². The van der Waals surface area contributed by atoms with E-state index in [0.717, 1.165) is 43.7 Å². The number of hydrogen-bond donors (Lipinski definition) is 3. The summed E-state index contributed by atoms with van der Waals surface area (Å²) >= 11 is 0. The van der Waals surface area contributed by atoms with E-state index in [4.69, 9.17) is 0 Å². The van der Waals surface area contributed by atoms with E-state index in [0.29, 0.717) is 13.1 Å². The quantitative estimate of drug-likeness (QED) is 0.772. The number of anilines is 1. The molecule has 0 unspecified atom stereocenters. The summed E-state index contributed by atoms with van der Waals surface area (Å²) in [5.41, 5.74) is 0.291. The fourth-order valence-corrected chi connectivity index (χ4v) is 3.26. The van der Waals surface area contributed by atoms with E-state index in [1.54, 1.807) is 0 Å². The number of nitrogens with zero attached hydrogens (tertiary/aromatic N) is 2. The monoisotopic (exact) mass is 332 g/mol. The summed E-state index contributed by atoms with van der Waals surface area (Å²) in [6.45, 7) is 2.92. The highest BCUT2D eigenvalue weighted by Crippen LogP contribution is 2.30. The maximum Gasteiger partial charge on any atom is 0.315 e. The SMILES string of the molecule is O=C(NCc1ccc(N2CCCCCC2)nc1)NCC1(O)CCC1. The Balaban J connectivity index is 1.42. The van der Waals surface area contributed by atoms with Crippen molar-refractivity contribution in [3.05, 3.63) is 23.9 Å². The minimum atomic E-state index is -0.687. The first kappa shape index (κ1) is 17.0. The predicted molar refractivity (Wildman–Crippen MR) is 94.0 cm³/mol. The number of aliphatic hydroxyl groups is 1.